The molecule has 1 aromatic carbocycles. The fourth-order valence-electron chi connectivity index (χ4n) is 5.57. The summed E-state index contributed by atoms with van der Waals surface area (Å²) in [6, 6.07) is 5.07. The lowest BCUT2D eigenvalue weighted by molar-refractivity contribution is -0.126. The van der Waals surface area contributed by atoms with E-state index in [4.69, 9.17) is 4.74 Å². The molecule has 7 nitrogen and oxygen atoms in total. The van der Waals surface area contributed by atoms with Gasteiger partial charge < -0.3 is 24.5 Å². The molecule has 1 aromatic rings. The van der Waals surface area contributed by atoms with E-state index < -0.39 is 6.10 Å². The molecule has 2 amide bonds. The Hall–Kier alpha value is -2.19. The second kappa shape index (κ2) is 9.35. The predicted molar refractivity (Wildman–Crippen MR) is 119 cm³/mol. The Labute approximate surface area is 189 Å². The van der Waals surface area contributed by atoms with Crippen LogP contribution in [-0.4, -0.2) is 78.4 Å². The maximum Gasteiger partial charge on any atom is 0.409 e. The van der Waals surface area contributed by atoms with Gasteiger partial charge in [0, 0.05) is 36.8 Å². The molecule has 0 aromatic heterocycles. The number of likely N-dealkylation sites (tertiary alicyclic amines) is 2. The number of benzene rings is 1. The molecule has 32 heavy (non-hydrogen) atoms. The SMILES string of the molecule is CCOC(=O)N1CCC(N2CCC3(CC2)CN(C(=O)[C@H](O)CC)c2ccc(F)cc23)CC1. The van der Waals surface area contributed by atoms with Crippen LogP contribution in [0.2, 0.25) is 0 Å². The van der Waals surface area contributed by atoms with Crippen LogP contribution in [0.3, 0.4) is 0 Å². The zero-order valence-corrected chi connectivity index (χ0v) is 19.1. The first-order chi connectivity index (χ1) is 15.4. The van der Waals surface area contributed by atoms with E-state index in [1.807, 2.05) is 6.92 Å². The fourth-order valence-corrected chi connectivity index (χ4v) is 5.57. The van der Waals surface area contributed by atoms with Gasteiger partial charge in [0.15, 0.2) is 0 Å². The molecule has 2 saturated heterocycles. The van der Waals surface area contributed by atoms with E-state index in [1.165, 1.54) is 6.07 Å². The predicted octanol–water partition coefficient (Wildman–Crippen LogP) is 2.90. The minimum Gasteiger partial charge on any atom is -0.450 e. The van der Waals surface area contributed by atoms with Gasteiger partial charge in [0.05, 0.1) is 6.61 Å². The normalized spacial score (nSPS) is 22.1. The molecule has 3 aliphatic rings. The van der Waals surface area contributed by atoms with Crippen LogP contribution in [0.15, 0.2) is 18.2 Å². The van der Waals surface area contributed by atoms with Crippen molar-refractivity contribution in [3.05, 3.63) is 29.6 Å². The topological polar surface area (TPSA) is 73.3 Å². The average molecular weight is 448 g/mol. The van der Waals surface area contributed by atoms with Crippen molar-refractivity contribution in [2.45, 2.75) is 63.5 Å². The quantitative estimate of drug-likeness (QED) is 0.768. The summed E-state index contributed by atoms with van der Waals surface area (Å²) in [5.41, 5.74) is 1.36. The van der Waals surface area contributed by atoms with Gasteiger partial charge >= 0.3 is 6.09 Å². The van der Waals surface area contributed by atoms with E-state index in [0.29, 0.717) is 38.7 Å². The van der Waals surface area contributed by atoms with Gasteiger partial charge in [-0.1, -0.05) is 6.92 Å². The first-order valence-electron chi connectivity index (χ1n) is 11.8. The van der Waals surface area contributed by atoms with E-state index in [1.54, 1.807) is 28.9 Å². The number of aliphatic hydroxyl groups excluding tert-OH is 1. The Morgan fingerprint density at radius 3 is 2.50 bits per heavy atom. The molecule has 0 saturated carbocycles. The molecule has 176 valence electrons. The number of nitrogens with zero attached hydrogens (tertiary/aromatic N) is 3. The highest BCUT2D eigenvalue weighted by molar-refractivity contribution is 5.99. The maximum atomic E-state index is 14.2. The molecule has 2 fully saturated rings. The van der Waals surface area contributed by atoms with Crippen LogP contribution in [0, 0.1) is 5.82 Å². The number of amides is 2. The summed E-state index contributed by atoms with van der Waals surface area (Å²) in [6.45, 7) is 7.65. The van der Waals surface area contributed by atoms with Crippen LogP contribution in [0.25, 0.3) is 0 Å². The molecule has 1 atom stereocenters. The molecule has 0 aliphatic carbocycles. The van der Waals surface area contributed by atoms with Gasteiger partial charge in [-0.3, -0.25) is 4.79 Å². The van der Waals surface area contributed by atoms with Crippen LogP contribution < -0.4 is 4.90 Å². The monoisotopic (exact) mass is 447 g/mol. The highest BCUT2D eigenvalue weighted by Crippen LogP contribution is 2.48. The summed E-state index contributed by atoms with van der Waals surface area (Å²) in [5.74, 6) is -0.590. The van der Waals surface area contributed by atoms with Gasteiger partial charge in [-0.2, -0.15) is 0 Å². The van der Waals surface area contributed by atoms with Crippen molar-refractivity contribution in [3.63, 3.8) is 0 Å². The Bertz CT molecular complexity index is 848. The van der Waals surface area contributed by atoms with E-state index in [9.17, 15) is 19.1 Å². The third kappa shape index (κ3) is 4.22. The molecule has 0 unspecified atom stereocenters. The third-order valence-corrected chi connectivity index (χ3v) is 7.48. The third-order valence-electron chi connectivity index (χ3n) is 7.48. The lowest BCUT2D eigenvalue weighted by Crippen LogP contribution is -2.52. The molecular weight excluding hydrogens is 413 g/mol. The van der Waals surface area contributed by atoms with Crippen molar-refractivity contribution in [2.24, 2.45) is 0 Å². The van der Waals surface area contributed by atoms with Crippen molar-refractivity contribution in [2.75, 3.05) is 44.2 Å². The Kier molecular flexibility index (Phi) is 6.72. The molecule has 3 aliphatic heterocycles. The lowest BCUT2D eigenvalue weighted by Gasteiger charge is -2.45. The number of fused-ring (bicyclic) bond motifs is 2. The summed E-state index contributed by atoms with van der Waals surface area (Å²) < 4.78 is 19.3. The van der Waals surface area contributed by atoms with E-state index >= 15 is 0 Å². The number of aliphatic hydroxyl groups is 1. The number of anilines is 1. The highest BCUT2D eigenvalue weighted by atomic mass is 19.1. The van der Waals surface area contributed by atoms with E-state index in [2.05, 4.69) is 4.90 Å². The molecule has 4 rings (SSSR count). The molecule has 3 heterocycles. The fraction of sp³-hybridized carbons (Fsp3) is 0.667. The largest absolute Gasteiger partial charge is 0.450 e. The van der Waals surface area contributed by atoms with Crippen molar-refractivity contribution >= 4 is 17.7 Å². The van der Waals surface area contributed by atoms with Crippen molar-refractivity contribution < 1.29 is 23.8 Å². The molecule has 1 spiro atoms. The second-order valence-electron chi connectivity index (χ2n) is 9.24. The Morgan fingerprint density at radius 1 is 1.19 bits per heavy atom. The highest BCUT2D eigenvalue weighted by Gasteiger charge is 2.48. The summed E-state index contributed by atoms with van der Waals surface area (Å²) >= 11 is 0. The van der Waals surface area contributed by atoms with E-state index in [0.717, 1.165) is 50.0 Å². The number of hydrogen-bond donors (Lipinski definition) is 1. The molecule has 0 bridgehead atoms. The first kappa shape index (κ1) is 23.0. The van der Waals surface area contributed by atoms with Crippen LogP contribution >= 0.6 is 0 Å². The van der Waals surface area contributed by atoms with Gasteiger partial charge in [0.2, 0.25) is 0 Å². The van der Waals surface area contributed by atoms with Crippen molar-refractivity contribution in [3.8, 4) is 0 Å². The summed E-state index contributed by atoms with van der Waals surface area (Å²) in [5, 5.41) is 10.1. The van der Waals surface area contributed by atoms with E-state index in [-0.39, 0.29) is 23.2 Å². The number of piperidine rings is 2. The molecule has 8 heteroatoms. The first-order valence-corrected chi connectivity index (χ1v) is 11.8. The molecule has 0 radical (unpaired) electrons. The van der Waals surface area contributed by atoms with Crippen molar-refractivity contribution in [1.29, 1.82) is 0 Å². The maximum absolute atomic E-state index is 14.2. The minimum absolute atomic E-state index is 0.229. The van der Waals surface area contributed by atoms with Crippen LogP contribution in [0.4, 0.5) is 14.9 Å². The number of hydrogen-bond acceptors (Lipinski definition) is 5. The smallest absolute Gasteiger partial charge is 0.409 e. The Balaban J connectivity index is 1.43. The van der Waals surface area contributed by atoms with Gasteiger partial charge in [-0.05, 0) is 75.9 Å². The standard InChI is InChI=1S/C24H34FN3O4/c1-3-21(29)22(30)28-16-24(19-15-17(25)5-6-20(19)28)9-13-26(14-10-24)18-7-11-27(12-8-18)23(31)32-4-2/h5-6,15,18,21,29H,3-4,7-14,16H2,1-2H3/t21-/m1/s1. The number of carbonyl (C=O) groups is 2. The van der Waals surface area contributed by atoms with Crippen LogP contribution in [-0.2, 0) is 14.9 Å². The summed E-state index contributed by atoms with van der Waals surface area (Å²) in [7, 11) is 0. The van der Waals surface area contributed by atoms with Gasteiger partial charge in [-0.15, -0.1) is 0 Å². The Morgan fingerprint density at radius 2 is 1.88 bits per heavy atom. The average Bonchev–Trinajstić information content (AvgIpc) is 3.12. The zero-order chi connectivity index (χ0) is 22.9. The molecule has 1 N–H and O–H groups in total. The van der Waals surface area contributed by atoms with Crippen LogP contribution in [0.1, 0.15) is 51.5 Å². The second-order valence-corrected chi connectivity index (χ2v) is 9.24. The number of carbonyl (C=O) groups excluding carboxylic acids is 2. The lowest BCUT2D eigenvalue weighted by atomic mass is 9.74. The number of halogens is 1. The zero-order valence-electron chi connectivity index (χ0n) is 19.1. The summed E-state index contributed by atoms with van der Waals surface area (Å²) in [6.07, 6.45) is 2.62. The van der Waals surface area contributed by atoms with Gasteiger partial charge in [-0.25, -0.2) is 9.18 Å². The molecular formula is C24H34FN3O4. The van der Waals surface area contributed by atoms with Crippen LogP contribution in [0.5, 0.6) is 0 Å². The van der Waals surface area contributed by atoms with Gasteiger partial charge in [0.1, 0.15) is 11.9 Å². The summed E-state index contributed by atoms with van der Waals surface area (Å²) in [4.78, 5) is 30.7. The van der Waals surface area contributed by atoms with Gasteiger partial charge in [0.25, 0.3) is 5.91 Å². The number of rotatable bonds is 4. The minimum atomic E-state index is -1.03. The van der Waals surface area contributed by atoms with Crippen molar-refractivity contribution in [1.82, 2.24) is 9.80 Å². The number of ether oxygens (including phenoxy) is 1.